The minimum Gasteiger partial charge on any atom is -0.472 e. The second-order valence-corrected chi connectivity index (χ2v) is 5.56. The van der Waals surface area contributed by atoms with E-state index in [4.69, 9.17) is 4.42 Å². The number of hydrogen-bond donors (Lipinski definition) is 1. The standard InChI is InChI=1S/C15H10N6O2S/c22-13(11-8-24-14(18-11)10-4-6-23-7-10)19-15-17-9-21(20-15)12-3-1-2-5-16-12/h1-9H,(H,19,20,22). The summed E-state index contributed by atoms with van der Waals surface area (Å²) < 4.78 is 6.50. The van der Waals surface area contributed by atoms with E-state index >= 15 is 0 Å². The first-order valence-electron chi connectivity index (χ1n) is 6.92. The lowest BCUT2D eigenvalue weighted by Crippen LogP contribution is -2.13. The Balaban J connectivity index is 1.50. The quantitative estimate of drug-likeness (QED) is 0.614. The van der Waals surface area contributed by atoms with Crippen molar-refractivity contribution in [3.8, 4) is 16.4 Å². The van der Waals surface area contributed by atoms with Crippen LogP contribution in [0.5, 0.6) is 0 Å². The van der Waals surface area contributed by atoms with Gasteiger partial charge in [-0.25, -0.2) is 14.6 Å². The Labute approximate surface area is 139 Å². The van der Waals surface area contributed by atoms with E-state index in [0.29, 0.717) is 16.5 Å². The molecular formula is C15H10N6O2S. The van der Waals surface area contributed by atoms with E-state index in [-0.39, 0.29) is 11.9 Å². The fourth-order valence-electron chi connectivity index (χ4n) is 1.98. The van der Waals surface area contributed by atoms with Crippen molar-refractivity contribution in [2.75, 3.05) is 5.32 Å². The second kappa shape index (κ2) is 6.05. The Morgan fingerprint density at radius 3 is 3.00 bits per heavy atom. The number of thiazole rings is 1. The number of nitrogens with one attached hydrogen (secondary N) is 1. The van der Waals surface area contributed by atoms with Crippen LogP contribution in [0.15, 0.2) is 59.1 Å². The molecular weight excluding hydrogens is 328 g/mol. The Hall–Kier alpha value is -3.33. The van der Waals surface area contributed by atoms with Crippen LogP contribution in [0, 0.1) is 0 Å². The van der Waals surface area contributed by atoms with Gasteiger partial charge in [-0.05, 0) is 18.2 Å². The second-order valence-electron chi connectivity index (χ2n) is 4.70. The van der Waals surface area contributed by atoms with E-state index in [1.807, 2.05) is 12.1 Å². The van der Waals surface area contributed by atoms with Gasteiger partial charge in [0.25, 0.3) is 5.91 Å². The van der Waals surface area contributed by atoms with E-state index in [2.05, 4.69) is 25.4 Å². The topological polar surface area (TPSA) is 98.7 Å². The normalized spacial score (nSPS) is 10.7. The first kappa shape index (κ1) is 14.3. The summed E-state index contributed by atoms with van der Waals surface area (Å²) in [7, 11) is 0. The van der Waals surface area contributed by atoms with Crippen molar-refractivity contribution in [1.82, 2.24) is 24.7 Å². The van der Waals surface area contributed by atoms with Crippen molar-refractivity contribution in [2.45, 2.75) is 0 Å². The van der Waals surface area contributed by atoms with E-state index in [1.54, 1.807) is 36.2 Å². The van der Waals surface area contributed by atoms with Gasteiger partial charge in [0.05, 0.1) is 6.26 Å². The highest BCUT2D eigenvalue weighted by atomic mass is 32.1. The maximum atomic E-state index is 12.2. The molecule has 0 bridgehead atoms. The largest absolute Gasteiger partial charge is 0.472 e. The number of carbonyl (C=O) groups is 1. The lowest BCUT2D eigenvalue weighted by Gasteiger charge is -1.98. The first-order valence-corrected chi connectivity index (χ1v) is 7.80. The summed E-state index contributed by atoms with van der Waals surface area (Å²) in [4.78, 5) is 24.7. The Morgan fingerprint density at radius 2 is 2.21 bits per heavy atom. The van der Waals surface area contributed by atoms with Gasteiger partial charge < -0.3 is 4.42 Å². The molecule has 0 aliphatic heterocycles. The molecule has 118 valence electrons. The van der Waals surface area contributed by atoms with Crippen LogP contribution in [0.1, 0.15) is 10.5 Å². The molecule has 4 aromatic heterocycles. The minimum atomic E-state index is -0.375. The molecule has 0 atom stereocenters. The van der Waals surface area contributed by atoms with Gasteiger partial charge in [-0.1, -0.05) is 6.07 Å². The molecule has 0 spiro atoms. The number of nitrogens with zero attached hydrogens (tertiary/aromatic N) is 5. The first-order chi connectivity index (χ1) is 11.8. The predicted molar refractivity (Wildman–Crippen MR) is 86.9 cm³/mol. The van der Waals surface area contributed by atoms with Gasteiger partial charge in [0.2, 0.25) is 5.95 Å². The van der Waals surface area contributed by atoms with Gasteiger partial charge in [-0.15, -0.1) is 16.4 Å². The van der Waals surface area contributed by atoms with Gasteiger partial charge in [0.15, 0.2) is 5.82 Å². The van der Waals surface area contributed by atoms with Crippen molar-refractivity contribution in [3.63, 3.8) is 0 Å². The average Bonchev–Trinajstić information content (AvgIpc) is 3.36. The van der Waals surface area contributed by atoms with Gasteiger partial charge in [-0.3, -0.25) is 10.1 Å². The Kier molecular flexibility index (Phi) is 3.60. The summed E-state index contributed by atoms with van der Waals surface area (Å²) >= 11 is 1.36. The molecule has 0 saturated carbocycles. The maximum Gasteiger partial charge on any atom is 0.277 e. The van der Waals surface area contributed by atoms with Crippen LogP contribution in [0.4, 0.5) is 5.95 Å². The van der Waals surface area contributed by atoms with Crippen LogP contribution in [0.2, 0.25) is 0 Å². The average molecular weight is 338 g/mol. The molecule has 0 fully saturated rings. The highest BCUT2D eigenvalue weighted by Gasteiger charge is 2.14. The van der Waals surface area contributed by atoms with Gasteiger partial charge in [0.1, 0.15) is 23.3 Å². The van der Waals surface area contributed by atoms with Gasteiger partial charge in [-0.2, -0.15) is 4.98 Å². The van der Waals surface area contributed by atoms with Crippen molar-refractivity contribution in [3.05, 3.63) is 60.4 Å². The molecule has 0 aliphatic rings. The highest BCUT2D eigenvalue weighted by Crippen LogP contribution is 2.24. The molecule has 0 unspecified atom stereocenters. The predicted octanol–water partition coefficient (Wildman–Crippen LogP) is 2.63. The number of carbonyl (C=O) groups excluding carboxylic acids is 1. The van der Waals surface area contributed by atoms with Gasteiger partial charge >= 0.3 is 0 Å². The van der Waals surface area contributed by atoms with E-state index in [0.717, 1.165) is 5.56 Å². The summed E-state index contributed by atoms with van der Waals surface area (Å²) in [6, 6.07) is 7.23. The SMILES string of the molecule is O=C(Nc1ncn(-c2ccccn2)n1)c1csc(-c2ccoc2)n1. The van der Waals surface area contributed by atoms with Crippen LogP contribution in [-0.2, 0) is 0 Å². The minimum absolute atomic E-state index is 0.184. The lowest BCUT2D eigenvalue weighted by molar-refractivity contribution is 0.102. The Morgan fingerprint density at radius 1 is 1.25 bits per heavy atom. The summed E-state index contributed by atoms with van der Waals surface area (Å²) in [5.74, 6) is 0.421. The number of hydrogen-bond acceptors (Lipinski definition) is 7. The molecule has 0 aliphatic carbocycles. The van der Waals surface area contributed by atoms with Crippen LogP contribution < -0.4 is 5.32 Å². The van der Waals surface area contributed by atoms with Crippen LogP contribution >= 0.6 is 11.3 Å². The van der Waals surface area contributed by atoms with Crippen molar-refractivity contribution in [1.29, 1.82) is 0 Å². The number of aromatic nitrogens is 5. The maximum absolute atomic E-state index is 12.2. The van der Waals surface area contributed by atoms with Crippen molar-refractivity contribution < 1.29 is 9.21 Å². The molecule has 0 radical (unpaired) electrons. The molecule has 1 N–H and O–H groups in total. The molecule has 9 heteroatoms. The van der Waals surface area contributed by atoms with Crippen LogP contribution in [0.3, 0.4) is 0 Å². The number of rotatable bonds is 4. The molecule has 4 rings (SSSR count). The summed E-state index contributed by atoms with van der Waals surface area (Å²) in [5, 5.41) is 9.18. The molecule has 4 aromatic rings. The van der Waals surface area contributed by atoms with Crippen molar-refractivity contribution >= 4 is 23.2 Å². The Bertz CT molecular complexity index is 961. The molecule has 0 aromatic carbocycles. The third-order valence-corrected chi connectivity index (χ3v) is 4.00. The molecule has 0 saturated heterocycles. The number of anilines is 1. The number of furan rings is 1. The van der Waals surface area contributed by atoms with Crippen LogP contribution in [-0.4, -0.2) is 30.6 Å². The number of amides is 1. The zero-order chi connectivity index (χ0) is 16.4. The summed E-state index contributed by atoms with van der Waals surface area (Å²) in [5.41, 5.74) is 1.13. The summed E-state index contributed by atoms with van der Waals surface area (Å²) in [6.45, 7) is 0. The van der Waals surface area contributed by atoms with E-state index < -0.39 is 0 Å². The molecule has 24 heavy (non-hydrogen) atoms. The third kappa shape index (κ3) is 2.79. The summed E-state index contributed by atoms with van der Waals surface area (Å²) in [6.07, 6.45) is 6.28. The fraction of sp³-hybridized carbons (Fsp3) is 0. The molecule has 4 heterocycles. The zero-order valence-corrected chi connectivity index (χ0v) is 13.0. The fourth-order valence-corrected chi connectivity index (χ4v) is 2.77. The number of pyridine rings is 1. The lowest BCUT2D eigenvalue weighted by atomic mass is 10.3. The van der Waals surface area contributed by atoms with E-state index in [1.165, 1.54) is 22.3 Å². The van der Waals surface area contributed by atoms with Crippen LogP contribution in [0.25, 0.3) is 16.4 Å². The van der Waals surface area contributed by atoms with E-state index in [9.17, 15) is 4.79 Å². The van der Waals surface area contributed by atoms with Crippen molar-refractivity contribution in [2.24, 2.45) is 0 Å². The molecule has 8 nitrogen and oxygen atoms in total. The van der Waals surface area contributed by atoms with Gasteiger partial charge in [0, 0.05) is 17.1 Å². The highest BCUT2D eigenvalue weighted by molar-refractivity contribution is 7.13. The third-order valence-electron chi connectivity index (χ3n) is 3.11. The zero-order valence-electron chi connectivity index (χ0n) is 12.2. The molecule has 1 amide bonds. The monoisotopic (exact) mass is 338 g/mol. The smallest absolute Gasteiger partial charge is 0.277 e.